The molecule has 0 saturated heterocycles. The SMILES string of the molecule is CC1=CC(c2ccc(N)c(C)c2)C=C(C)C1(C)N. The van der Waals surface area contributed by atoms with Gasteiger partial charge in [-0.05, 0) is 44.9 Å². The van der Waals surface area contributed by atoms with E-state index in [0.717, 1.165) is 11.3 Å². The summed E-state index contributed by atoms with van der Waals surface area (Å²) in [7, 11) is 0. The van der Waals surface area contributed by atoms with Crippen LogP contribution in [-0.2, 0) is 0 Å². The topological polar surface area (TPSA) is 52.0 Å². The second-order valence-electron chi connectivity index (χ2n) is 5.54. The standard InChI is InChI=1S/C16H22N2/c1-10-7-13(5-6-15(10)17)14-8-11(2)16(4,18)12(3)9-14/h5-9,14H,17-18H2,1-4H3. The van der Waals surface area contributed by atoms with Crippen molar-refractivity contribution in [3.05, 3.63) is 52.6 Å². The Kier molecular flexibility index (Phi) is 3.07. The second-order valence-corrected chi connectivity index (χ2v) is 5.54. The van der Waals surface area contributed by atoms with Crippen LogP contribution in [0.2, 0.25) is 0 Å². The average Bonchev–Trinajstić information content (AvgIpc) is 2.29. The summed E-state index contributed by atoms with van der Waals surface area (Å²) in [5, 5.41) is 0. The molecule has 0 aromatic heterocycles. The first-order valence-corrected chi connectivity index (χ1v) is 6.35. The van der Waals surface area contributed by atoms with Crippen molar-refractivity contribution in [3.8, 4) is 0 Å². The fourth-order valence-electron chi connectivity index (χ4n) is 2.34. The van der Waals surface area contributed by atoms with Gasteiger partial charge < -0.3 is 11.5 Å². The Morgan fingerprint density at radius 1 is 1.06 bits per heavy atom. The van der Waals surface area contributed by atoms with Crippen LogP contribution in [0.1, 0.15) is 37.8 Å². The quantitative estimate of drug-likeness (QED) is 0.586. The van der Waals surface area contributed by atoms with Gasteiger partial charge in [-0.15, -0.1) is 0 Å². The van der Waals surface area contributed by atoms with Crippen LogP contribution in [0.3, 0.4) is 0 Å². The third kappa shape index (κ3) is 2.08. The lowest BCUT2D eigenvalue weighted by Gasteiger charge is -2.33. The molecular formula is C16H22N2. The van der Waals surface area contributed by atoms with E-state index in [1.54, 1.807) is 0 Å². The highest BCUT2D eigenvalue weighted by Crippen LogP contribution is 2.35. The van der Waals surface area contributed by atoms with Gasteiger partial charge in [-0.25, -0.2) is 0 Å². The summed E-state index contributed by atoms with van der Waals surface area (Å²) in [6.07, 6.45) is 4.50. The minimum absolute atomic E-state index is 0.306. The summed E-state index contributed by atoms with van der Waals surface area (Å²) in [4.78, 5) is 0. The van der Waals surface area contributed by atoms with E-state index in [1.165, 1.54) is 16.7 Å². The molecular weight excluding hydrogens is 220 g/mol. The van der Waals surface area contributed by atoms with E-state index in [4.69, 9.17) is 11.5 Å². The molecule has 1 aliphatic carbocycles. The molecule has 0 aliphatic heterocycles. The van der Waals surface area contributed by atoms with E-state index in [0.29, 0.717) is 5.92 Å². The summed E-state index contributed by atoms with van der Waals surface area (Å²) in [5.74, 6) is 0.306. The zero-order valence-corrected chi connectivity index (χ0v) is 11.6. The Labute approximate surface area is 109 Å². The smallest absolute Gasteiger partial charge is 0.0551 e. The largest absolute Gasteiger partial charge is 0.399 e. The highest BCUT2D eigenvalue weighted by Gasteiger charge is 2.28. The predicted molar refractivity (Wildman–Crippen MR) is 78.4 cm³/mol. The number of nitrogen functional groups attached to an aromatic ring is 1. The van der Waals surface area contributed by atoms with Crippen LogP contribution in [0.4, 0.5) is 5.69 Å². The maximum atomic E-state index is 6.30. The third-order valence-corrected chi connectivity index (χ3v) is 4.18. The van der Waals surface area contributed by atoms with E-state index in [1.807, 2.05) is 13.0 Å². The molecule has 2 rings (SSSR count). The number of rotatable bonds is 1. The zero-order chi connectivity index (χ0) is 13.5. The zero-order valence-electron chi connectivity index (χ0n) is 11.6. The molecule has 0 amide bonds. The van der Waals surface area contributed by atoms with Crippen LogP contribution in [0.15, 0.2) is 41.5 Å². The van der Waals surface area contributed by atoms with E-state index < -0.39 is 0 Å². The molecule has 18 heavy (non-hydrogen) atoms. The van der Waals surface area contributed by atoms with Crippen molar-refractivity contribution in [3.63, 3.8) is 0 Å². The normalized spacial score (nSPS) is 27.7. The lowest BCUT2D eigenvalue weighted by Crippen LogP contribution is -2.40. The number of aryl methyl sites for hydroxylation is 1. The first-order chi connectivity index (χ1) is 8.32. The summed E-state index contributed by atoms with van der Waals surface area (Å²) in [6, 6.07) is 6.24. The van der Waals surface area contributed by atoms with Gasteiger partial charge in [-0.3, -0.25) is 0 Å². The highest BCUT2D eigenvalue weighted by molar-refractivity contribution is 5.51. The average molecular weight is 242 g/mol. The molecule has 0 atom stereocenters. The Bertz CT molecular complexity index is 514. The molecule has 0 spiro atoms. The molecule has 2 nitrogen and oxygen atoms in total. The molecule has 2 heteroatoms. The van der Waals surface area contributed by atoms with Crippen molar-refractivity contribution >= 4 is 5.69 Å². The molecule has 0 bridgehead atoms. The minimum Gasteiger partial charge on any atom is -0.399 e. The molecule has 0 saturated carbocycles. The maximum absolute atomic E-state index is 6.30. The summed E-state index contributed by atoms with van der Waals surface area (Å²) in [6.45, 7) is 8.32. The lowest BCUT2D eigenvalue weighted by molar-refractivity contribution is 0.619. The molecule has 0 radical (unpaired) electrons. The van der Waals surface area contributed by atoms with Crippen molar-refractivity contribution in [2.24, 2.45) is 5.73 Å². The van der Waals surface area contributed by atoms with Crippen LogP contribution in [-0.4, -0.2) is 5.54 Å². The summed E-state index contributed by atoms with van der Waals surface area (Å²) in [5.41, 5.74) is 17.6. The van der Waals surface area contributed by atoms with Gasteiger partial charge in [0.2, 0.25) is 0 Å². The van der Waals surface area contributed by atoms with Crippen molar-refractivity contribution in [2.45, 2.75) is 39.2 Å². The molecule has 4 N–H and O–H groups in total. The number of allylic oxidation sites excluding steroid dienone is 2. The summed E-state index contributed by atoms with van der Waals surface area (Å²) >= 11 is 0. The maximum Gasteiger partial charge on any atom is 0.0551 e. The molecule has 96 valence electrons. The van der Waals surface area contributed by atoms with Crippen LogP contribution in [0.25, 0.3) is 0 Å². The van der Waals surface area contributed by atoms with Crippen LogP contribution < -0.4 is 11.5 Å². The van der Waals surface area contributed by atoms with E-state index in [-0.39, 0.29) is 5.54 Å². The second kappa shape index (κ2) is 4.29. The number of benzene rings is 1. The Balaban J connectivity index is 2.42. The first kappa shape index (κ1) is 12.9. The van der Waals surface area contributed by atoms with Crippen molar-refractivity contribution in [1.82, 2.24) is 0 Å². The van der Waals surface area contributed by atoms with Gasteiger partial charge in [0.15, 0.2) is 0 Å². The monoisotopic (exact) mass is 242 g/mol. The Hall–Kier alpha value is -1.54. The molecule has 0 heterocycles. The fraction of sp³-hybridized carbons (Fsp3) is 0.375. The van der Waals surface area contributed by atoms with Gasteiger partial charge in [-0.2, -0.15) is 0 Å². The summed E-state index contributed by atoms with van der Waals surface area (Å²) < 4.78 is 0. The highest BCUT2D eigenvalue weighted by atomic mass is 14.7. The van der Waals surface area contributed by atoms with Gasteiger partial charge in [0.25, 0.3) is 0 Å². The number of anilines is 1. The molecule has 0 unspecified atom stereocenters. The fourth-order valence-corrected chi connectivity index (χ4v) is 2.34. The van der Waals surface area contributed by atoms with Crippen molar-refractivity contribution in [1.29, 1.82) is 0 Å². The molecule has 1 aromatic carbocycles. The van der Waals surface area contributed by atoms with Gasteiger partial charge in [0, 0.05) is 11.6 Å². The first-order valence-electron chi connectivity index (χ1n) is 6.35. The van der Waals surface area contributed by atoms with E-state index >= 15 is 0 Å². The van der Waals surface area contributed by atoms with Gasteiger partial charge in [0.05, 0.1) is 5.54 Å². The van der Waals surface area contributed by atoms with Crippen LogP contribution in [0.5, 0.6) is 0 Å². The Morgan fingerprint density at radius 2 is 1.61 bits per heavy atom. The van der Waals surface area contributed by atoms with E-state index in [2.05, 4.69) is 45.1 Å². The molecule has 0 fully saturated rings. The Morgan fingerprint density at radius 3 is 2.11 bits per heavy atom. The van der Waals surface area contributed by atoms with Crippen LogP contribution in [0, 0.1) is 6.92 Å². The molecule has 1 aromatic rings. The number of hydrogen-bond donors (Lipinski definition) is 2. The number of hydrogen-bond acceptors (Lipinski definition) is 2. The van der Waals surface area contributed by atoms with Gasteiger partial charge in [0.1, 0.15) is 0 Å². The van der Waals surface area contributed by atoms with Crippen molar-refractivity contribution in [2.75, 3.05) is 5.73 Å². The van der Waals surface area contributed by atoms with E-state index in [9.17, 15) is 0 Å². The predicted octanol–water partition coefficient (Wildman–Crippen LogP) is 3.28. The van der Waals surface area contributed by atoms with Crippen molar-refractivity contribution < 1.29 is 0 Å². The van der Waals surface area contributed by atoms with Gasteiger partial charge in [-0.1, -0.05) is 35.4 Å². The van der Waals surface area contributed by atoms with Gasteiger partial charge >= 0.3 is 0 Å². The number of nitrogens with two attached hydrogens (primary N) is 2. The molecule has 1 aliphatic rings. The van der Waals surface area contributed by atoms with Crippen LogP contribution >= 0.6 is 0 Å². The lowest BCUT2D eigenvalue weighted by atomic mass is 9.77. The third-order valence-electron chi connectivity index (χ3n) is 4.18. The minimum atomic E-state index is -0.306.